The molecule has 0 unspecified atom stereocenters. The minimum absolute atomic E-state index is 0.120. The molecule has 0 saturated heterocycles. The standard InChI is InChI=1S/C27H44O6/c1-4-5-6-7-8-9-10-11-12-13-14-15-22-32-25(28)20-17-21-26(29)33-27-23(30-2)18-16-19-24(27)31-3/h16,18-19H,4-15,17,20-22H2,1-3H3. The lowest BCUT2D eigenvalue weighted by atomic mass is 10.1. The van der Waals surface area contributed by atoms with Crippen molar-refractivity contribution in [1.29, 1.82) is 0 Å². The maximum Gasteiger partial charge on any atom is 0.311 e. The van der Waals surface area contributed by atoms with Crippen LogP contribution in [0.25, 0.3) is 0 Å². The van der Waals surface area contributed by atoms with Crippen molar-refractivity contribution in [1.82, 2.24) is 0 Å². The molecule has 0 fully saturated rings. The third-order valence-corrected chi connectivity index (χ3v) is 5.62. The Balaban J connectivity index is 2.02. The van der Waals surface area contributed by atoms with E-state index in [-0.39, 0.29) is 24.6 Å². The van der Waals surface area contributed by atoms with Crippen LogP contribution >= 0.6 is 0 Å². The zero-order chi connectivity index (χ0) is 24.2. The smallest absolute Gasteiger partial charge is 0.311 e. The molecule has 1 aromatic rings. The second kappa shape index (κ2) is 19.2. The van der Waals surface area contributed by atoms with Gasteiger partial charge in [0.2, 0.25) is 5.75 Å². The molecule has 1 aromatic carbocycles. The number of carbonyl (C=O) groups excluding carboxylic acids is 2. The van der Waals surface area contributed by atoms with Gasteiger partial charge in [-0.3, -0.25) is 9.59 Å². The molecular weight excluding hydrogens is 420 g/mol. The molecule has 0 bridgehead atoms. The van der Waals surface area contributed by atoms with Crippen LogP contribution in [-0.4, -0.2) is 32.8 Å². The first-order valence-corrected chi connectivity index (χ1v) is 12.7. The summed E-state index contributed by atoms with van der Waals surface area (Å²) in [5.74, 6) is 0.392. The van der Waals surface area contributed by atoms with Gasteiger partial charge in [-0.15, -0.1) is 0 Å². The second-order valence-corrected chi connectivity index (χ2v) is 8.43. The van der Waals surface area contributed by atoms with E-state index < -0.39 is 5.97 Å². The van der Waals surface area contributed by atoms with Crippen LogP contribution in [0.3, 0.4) is 0 Å². The summed E-state index contributed by atoms with van der Waals surface area (Å²) < 4.78 is 21.1. The third-order valence-electron chi connectivity index (χ3n) is 5.62. The van der Waals surface area contributed by atoms with Gasteiger partial charge in [-0.1, -0.05) is 83.6 Å². The number of carbonyl (C=O) groups is 2. The largest absolute Gasteiger partial charge is 0.493 e. The highest BCUT2D eigenvalue weighted by atomic mass is 16.6. The van der Waals surface area contributed by atoms with Gasteiger partial charge in [-0.25, -0.2) is 0 Å². The molecule has 0 aromatic heterocycles. The van der Waals surface area contributed by atoms with Crippen molar-refractivity contribution in [2.75, 3.05) is 20.8 Å². The van der Waals surface area contributed by atoms with Crippen LogP contribution < -0.4 is 14.2 Å². The summed E-state index contributed by atoms with van der Waals surface area (Å²) in [6.07, 6.45) is 16.0. The third kappa shape index (κ3) is 13.8. The molecule has 0 radical (unpaired) electrons. The lowest BCUT2D eigenvalue weighted by Gasteiger charge is -2.12. The average molecular weight is 465 g/mol. The number of benzene rings is 1. The maximum absolute atomic E-state index is 12.1. The molecule has 0 amide bonds. The average Bonchev–Trinajstić information content (AvgIpc) is 2.82. The van der Waals surface area contributed by atoms with Crippen LogP contribution in [0.2, 0.25) is 0 Å². The number of esters is 2. The lowest BCUT2D eigenvalue weighted by Crippen LogP contribution is -2.11. The van der Waals surface area contributed by atoms with Crippen LogP contribution in [0.15, 0.2) is 18.2 Å². The normalized spacial score (nSPS) is 10.6. The quantitative estimate of drug-likeness (QED) is 0.117. The maximum atomic E-state index is 12.1. The Labute approximate surface area is 200 Å². The predicted octanol–water partition coefficient (Wildman–Crippen LogP) is 7.02. The summed E-state index contributed by atoms with van der Waals surface area (Å²) in [7, 11) is 3.00. The van der Waals surface area contributed by atoms with Crippen LogP contribution in [0.5, 0.6) is 17.2 Å². The Hall–Kier alpha value is -2.24. The number of unbranched alkanes of at least 4 members (excludes halogenated alkanes) is 11. The Morgan fingerprint density at radius 1 is 0.667 bits per heavy atom. The van der Waals surface area contributed by atoms with E-state index in [1.54, 1.807) is 18.2 Å². The monoisotopic (exact) mass is 464 g/mol. The molecular formula is C27H44O6. The molecule has 1 rings (SSSR count). The summed E-state index contributed by atoms with van der Waals surface area (Å²) in [6, 6.07) is 5.14. The fourth-order valence-electron chi connectivity index (χ4n) is 3.66. The molecule has 0 aliphatic carbocycles. The van der Waals surface area contributed by atoms with Crippen molar-refractivity contribution >= 4 is 11.9 Å². The minimum atomic E-state index is -0.438. The highest BCUT2D eigenvalue weighted by molar-refractivity contribution is 5.75. The van der Waals surface area contributed by atoms with E-state index in [0.29, 0.717) is 24.5 Å². The van der Waals surface area contributed by atoms with Gasteiger partial charge in [0.1, 0.15) is 0 Å². The molecule has 0 heterocycles. The fourth-order valence-corrected chi connectivity index (χ4v) is 3.66. The zero-order valence-electron chi connectivity index (χ0n) is 21.0. The molecule has 33 heavy (non-hydrogen) atoms. The minimum Gasteiger partial charge on any atom is -0.493 e. The molecule has 6 nitrogen and oxygen atoms in total. The summed E-state index contributed by atoms with van der Waals surface area (Å²) in [5, 5.41) is 0. The number of rotatable bonds is 20. The van der Waals surface area contributed by atoms with Crippen molar-refractivity contribution in [3.63, 3.8) is 0 Å². The number of para-hydroxylation sites is 1. The van der Waals surface area contributed by atoms with E-state index in [0.717, 1.165) is 12.8 Å². The van der Waals surface area contributed by atoms with Gasteiger partial charge < -0.3 is 18.9 Å². The molecule has 0 spiro atoms. The Bertz CT molecular complexity index is 636. The summed E-state index contributed by atoms with van der Waals surface area (Å²) in [4.78, 5) is 24.0. The number of hydrogen-bond acceptors (Lipinski definition) is 6. The summed E-state index contributed by atoms with van der Waals surface area (Å²) in [6.45, 7) is 2.71. The van der Waals surface area contributed by atoms with Gasteiger partial charge in [0.15, 0.2) is 11.5 Å². The van der Waals surface area contributed by atoms with Crippen LogP contribution in [0.1, 0.15) is 103 Å². The first-order chi connectivity index (χ1) is 16.1. The zero-order valence-corrected chi connectivity index (χ0v) is 21.0. The molecule has 6 heteroatoms. The SMILES string of the molecule is CCCCCCCCCCCCCCOC(=O)CCCC(=O)Oc1c(OC)cccc1OC. The highest BCUT2D eigenvalue weighted by Crippen LogP contribution is 2.37. The van der Waals surface area contributed by atoms with Gasteiger partial charge in [0.05, 0.1) is 20.8 Å². The first-order valence-electron chi connectivity index (χ1n) is 12.7. The summed E-state index contributed by atoms with van der Waals surface area (Å²) >= 11 is 0. The van der Waals surface area contributed by atoms with Crippen molar-refractivity contribution < 1.29 is 28.5 Å². The molecule has 0 atom stereocenters. The second-order valence-electron chi connectivity index (χ2n) is 8.43. The van der Waals surface area contributed by atoms with E-state index in [1.807, 2.05) is 0 Å². The molecule has 188 valence electrons. The number of ether oxygens (including phenoxy) is 4. The van der Waals surface area contributed by atoms with E-state index in [2.05, 4.69) is 6.92 Å². The molecule has 0 saturated carbocycles. The van der Waals surface area contributed by atoms with Crippen molar-refractivity contribution in [2.45, 2.75) is 103 Å². The van der Waals surface area contributed by atoms with Crippen molar-refractivity contribution in [3.8, 4) is 17.2 Å². The Morgan fingerprint density at radius 3 is 1.67 bits per heavy atom. The Morgan fingerprint density at radius 2 is 1.15 bits per heavy atom. The first kappa shape index (κ1) is 28.8. The number of methoxy groups -OCH3 is 2. The topological polar surface area (TPSA) is 71.1 Å². The van der Waals surface area contributed by atoms with Gasteiger partial charge in [-0.2, -0.15) is 0 Å². The van der Waals surface area contributed by atoms with Gasteiger partial charge in [0, 0.05) is 12.8 Å². The van der Waals surface area contributed by atoms with Crippen LogP contribution in [-0.2, 0) is 14.3 Å². The van der Waals surface area contributed by atoms with Gasteiger partial charge in [-0.05, 0) is 25.0 Å². The fraction of sp³-hybridized carbons (Fsp3) is 0.704. The van der Waals surface area contributed by atoms with Crippen LogP contribution in [0.4, 0.5) is 0 Å². The van der Waals surface area contributed by atoms with Crippen molar-refractivity contribution in [3.05, 3.63) is 18.2 Å². The van der Waals surface area contributed by atoms with E-state index in [4.69, 9.17) is 18.9 Å². The highest BCUT2D eigenvalue weighted by Gasteiger charge is 2.16. The number of hydrogen-bond donors (Lipinski definition) is 0. The van der Waals surface area contributed by atoms with E-state index >= 15 is 0 Å². The predicted molar refractivity (Wildman–Crippen MR) is 131 cm³/mol. The molecule has 0 aliphatic rings. The van der Waals surface area contributed by atoms with Gasteiger partial charge in [0.25, 0.3) is 0 Å². The van der Waals surface area contributed by atoms with Crippen molar-refractivity contribution in [2.24, 2.45) is 0 Å². The van der Waals surface area contributed by atoms with Gasteiger partial charge >= 0.3 is 11.9 Å². The summed E-state index contributed by atoms with van der Waals surface area (Å²) in [5.41, 5.74) is 0. The lowest BCUT2D eigenvalue weighted by molar-refractivity contribution is -0.144. The molecule has 0 aliphatic heterocycles. The Kier molecular flexibility index (Phi) is 16.8. The van der Waals surface area contributed by atoms with E-state index in [1.165, 1.54) is 78.4 Å². The van der Waals surface area contributed by atoms with E-state index in [9.17, 15) is 9.59 Å². The molecule has 0 N–H and O–H groups in total. The van der Waals surface area contributed by atoms with Crippen LogP contribution in [0, 0.1) is 0 Å².